The Bertz CT molecular complexity index is 1530. The molecule has 4 aromatic rings. The van der Waals surface area contributed by atoms with Crippen LogP contribution < -0.4 is 15.4 Å². The van der Waals surface area contributed by atoms with Crippen LogP contribution in [0.3, 0.4) is 0 Å². The second-order valence-corrected chi connectivity index (χ2v) is 11.8. The summed E-state index contributed by atoms with van der Waals surface area (Å²) < 4.78 is 22.2. The Morgan fingerprint density at radius 2 is 1.97 bits per heavy atom. The van der Waals surface area contributed by atoms with Crippen molar-refractivity contribution < 1.29 is 13.9 Å². The largest absolute Gasteiger partial charge is 0.434 e. The number of hydrogen-bond donors (Lipinski definition) is 2. The minimum absolute atomic E-state index is 0.0324. The molecule has 1 aliphatic carbocycles. The van der Waals surface area contributed by atoms with Gasteiger partial charge >= 0.3 is 0 Å². The molecule has 1 aliphatic heterocycles. The third-order valence-electron chi connectivity index (χ3n) is 7.16. The van der Waals surface area contributed by atoms with Gasteiger partial charge in [-0.1, -0.05) is 17.7 Å². The normalized spacial score (nSPS) is 15.9. The highest BCUT2D eigenvalue weighted by molar-refractivity contribution is 7.99. The lowest BCUT2D eigenvalue weighted by Crippen LogP contribution is -2.26. The van der Waals surface area contributed by atoms with E-state index in [2.05, 4.69) is 20.7 Å². The van der Waals surface area contributed by atoms with E-state index in [9.17, 15) is 9.18 Å². The van der Waals surface area contributed by atoms with Gasteiger partial charge in [0, 0.05) is 34.8 Å². The summed E-state index contributed by atoms with van der Waals surface area (Å²) in [6, 6.07) is 12.0. The summed E-state index contributed by atoms with van der Waals surface area (Å²) in [6.07, 6.45) is 6.17. The van der Waals surface area contributed by atoms with Gasteiger partial charge in [0.2, 0.25) is 5.88 Å². The van der Waals surface area contributed by atoms with Gasteiger partial charge in [0.05, 0.1) is 17.6 Å². The van der Waals surface area contributed by atoms with Crippen LogP contribution in [0.2, 0.25) is 5.02 Å². The highest BCUT2D eigenvalue weighted by atomic mass is 35.5. The van der Waals surface area contributed by atoms with Crippen molar-refractivity contribution in [2.75, 3.05) is 23.4 Å². The van der Waals surface area contributed by atoms with Gasteiger partial charge in [0.1, 0.15) is 0 Å². The molecule has 1 saturated carbocycles. The summed E-state index contributed by atoms with van der Waals surface area (Å²) in [7, 11) is 0. The lowest BCUT2D eigenvalue weighted by Gasteiger charge is -2.22. The maximum Gasteiger partial charge on any atom is 0.251 e. The number of anilines is 1. The Balaban J connectivity index is 1.35. The van der Waals surface area contributed by atoms with E-state index < -0.39 is 5.82 Å². The molecule has 2 aromatic carbocycles. The van der Waals surface area contributed by atoms with E-state index in [1.54, 1.807) is 22.8 Å². The Morgan fingerprint density at radius 1 is 1.15 bits per heavy atom. The first-order valence-electron chi connectivity index (χ1n) is 13.2. The molecule has 3 heterocycles. The number of fused-ring (bicyclic) bond motifs is 1. The van der Waals surface area contributed by atoms with E-state index in [1.807, 2.05) is 36.9 Å². The number of ether oxygens (including phenoxy) is 1. The van der Waals surface area contributed by atoms with Crippen LogP contribution in [0.1, 0.15) is 41.6 Å². The van der Waals surface area contributed by atoms with Gasteiger partial charge in [0.25, 0.3) is 5.91 Å². The molecule has 0 atom stereocenters. The Morgan fingerprint density at radius 3 is 2.72 bits per heavy atom. The predicted molar refractivity (Wildman–Crippen MR) is 154 cm³/mol. The van der Waals surface area contributed by atoms with Gasteiger partial charge < -0.3 is 15.4 Å². The van der Waals surface area contributed by atoms with Crippen molar-refractivity contribution in [2.24, 2.45) is 5.92 Å². The number of halogens is 2. The monoisotopic (exact) mass is 565 g/mol. The van der Waals surface area contributed by atoms with Crippen molar-refractivity contribution >= 4 is 40.6 Å². The molecule has 2 fully saturated rings. The zero-order chi connectivity index (χ0) is 26.9. The highest BCUT2D eigenvalue weighted by Gasteiger charge is 2.25. The van der Waals surface area contributed by atoms with Crippen LogP contribution in [-0.2, 0) is 0 Å². The van der Waals surface area contributed by atoms with Gasteiger partial charge in [-0.05, 0) is 85.9 Å². The van der Waals surface area contributed by atoms with Crippen molar-refractivity contribution in [1.82, 2.24) is 19.9 Å². The smallest absolute Gasteiger partial charge is 0.251 e. The Labute approximate surface area is 235 Å². The first kappa shape index (κ1) is 26.0. The van der Waals surface area contributed by atoms with E-state index >= 15 is 0 Å². The summed E-state index contributed by atoms with van der Waals surface area (Å²) in [4.78, 5) is 17.3. The molecule has 10 heteroatoms. The van der Waals surface area contributed by atoms with Crippen LogP contribution in [-0.4, -0.2) is 44.6 Å². The first-order chi connectivity index (χ1) is 18.9. The van der Waals surface area contributed by atoms with Crippen LogP contribution in [0.25, 0.3) is 16.9 Å². The number of imidazole rings is 1. The summed E-state index contributed by atoms with van der Waals surface area (Å²) in [5.41, 5.74) is 4.53. The third-order valence-corrected chi connectivity index (χ3v) is 8.44. The van der Waals surface area contributed by atoms with E-state index in [0.717, 1.165) is 54.7 Å². The molecule has 6 rings (SSSR count). The number of aromatic nitrogens is 3. The molecular weight excluding hydrogens is 537 g/mol. The minimum atomic E-state index is -0.569. The lowest BCUT2D eigenvalue weighted by atomic mass is 10.0. The number of nitrogens with one attached hydrogen (secondary N) is 2. The molecule has 0 radical (unpaired) electrons. The second-order valence-electron chi connectivity index (χ2n) is 10.2. The number of carbonyl (C=O) groups excluding carboxylic acids is 1. The average molecular weight is 566 g/mol. The highest BCUT2D eigenvalue weighted by Crippen LogP contribution is 2.32. The third kappa shape index (κ3) is 5.84. The molecule has 1 saturated heterocycles. The van der Waals surface area contributed by atoms with E-state index in [0.29, 0.717) is 23.2 Å². The SMILES string of the molecule is Cc1cc(-c2cnc3c(NCC4CCSCC4)cc(Oc4ccc(Cl)cc4F)nn23)ccc1C(=O)NC1CC1. The number of rotatable bonds is 8. The van der Waals surface area contributed by atoms with Crippen LogP contribution >= 0.6 is 23.4 Å². The average Bonchev–Trinajstić information content (AvgIpc) is 3.64. The molecule has 0 bridgehead atoms. The fourth-order valence-corrected chi connectivity index (χ4v) is 6.13. The lowest BCUT2D eigenvalue weighted by molar-refractivity contribution is 0.0950. The number of carbonyl (C=O) groups is 1. The fraction of sp³-hybridized carbons (Fsp3) is 0.345. The van der Waals surface area contributed by atoms with Gasteiger partial charge in [-0.3, -0.25) is 4.79 Å². The van der Waals surface area contributed by atoms with Crippen molar-refractivity contribution in [3.63, 3.8) is 0 Å². The van der Waals surface area contributed by atoms with Crippen LogP contribution in [0, 0.1) is 18.7 Å². The van der Waals surface area contributed by atoms with Crippen molar-refractivity contribution in [2.45, 2.75) is 38.6 Å². The van der Waals surface area contributed by atoms with Crippen molar-refractivity contribution in [1.29, 1.82) is 0 Å². The zero-order valence-corrected chi connectivity index (χ0v) is 23.1. The maximum atomic E-state index is 14.5. The van der Waals surface area contributed by atoms with E-state index in [4.69, 9.17) is 16.3 Å². The Kier molecular flexibility index (Phi) is 7.36. The van der Waals surface area contributed by atoms with Gasteiger partial charge in [-0.2, -0.15) is 11.8 Å². The fourth-order valence-electron chi connectivity index (χ4n) is 4.77. The number of thioether (sulfide) groups is 1. The molecule has 7 nitrogen and oxygen atoms in total. The quantitative estimate of drug-likeness (QED) is 0.246. The molecule has 2 N–H and O–H groups in total. The molecular formula is C29H29ClFN5O2S. The van der Waals surface area contributed by atoms with E-state index in [-0.39, 0.29) is 22.6 Å². The summed E-state index contributed by atoms with van der Waals surface area (Å²) >= 11 is 7.92. The molecule has 202 valence electrons. The topological polar surface area (TPSA) is 80.6 Å². The predicted octanol–water partition coefficient (Wildman–Crippen LogP) is 6.74. The zero-order valence-electron chi connectivity index (χ0n) is 21.5. The molecule has 0 unspecified atom stereocenters. The number of nitrogens with zero attached hydrogens (tertiary/aromatic N) is 3. The summed E-state index contributed by atoms with van der Waals surface area (Å²) in [5.74, 6) is 2.55. The van der Waals surface area contributed by atoms with Gasteiger partial charge in [-0.25, -0.2) is 13.9 Å². The first-order valence-corrected chi connectivity index (χ1v) is 14.7. The number of aryl methyl sites for hydroxylation is 1. The summed E-state index contributed by atoms with van der Waals surface area (Å²) in [6.45, 7) is 2.73. The van der Waals surface area contributed by atoms with Crippen molar-refractivity contribution in [3.8, 4) is 22.9 Å². The minimum Gasteiger partial charge on any atom is -0.434 e. The maximum absolute atomic E-state index is 14.5. The van der Waals surface area contributed by atoms with Crippen LogP contribution in [0.15, 0.2) is 48.7 Å². The summed E-state index contributed by atoms with van der Waals surface area (Å²) in [5, 5.41) is 11.6. The number of benzene rings is 2. The second kappa shape index (κ2) is 11.1. The number of amides is 1. The molecule has 2 aliphatic rings. The van der Waals surface area contributed by atoms with Crippen molar-refractivity contribution in [3.05, 3.63) is 70.6 Å². The standard InChI is InChI=1S/C29H29ClFN5O2S/c1-17-12-19(2-6-22(17)29(37)34-21-4-5-21)25-16-33-28-24(32-15-18-8-10-39-11-9-18)14-27(35-36(25)28)38-26-7-3-20(30)13-23(26)31/h2-3,6-7,12-14,16,18,21,32H,4-5,8-11,15H2,1H3,(H,34,37). The molecule has 1 amide bonds. The van der Waals surface area contributed by atoms with Gasteiger partial charge in [-0.15, -0.1) is 5.10 Å². The van der Waals surface area contributed by atoms with Gasteiger partial charge in [0.15, 0.2) is 17.2 Å². The molecule has 2 aromatic heterocycles. The van der Waals surface area contributed by atoms with Crippen LogP contribution in [0.4, 0.5) is 10.1 Å². The Hall–Kier alpha value is -3.30. The van der Waals surface area contributed by atoms with Crippen LogP contribution in [0.5, 0.6) is 11.6 Å². The molecule has 0 spiro atoms. The number of hydrogen-bond acceptors (Lipinski definition) is 6. The van der Waals surface area contributed by atoms with E-state index in [1.165, 1.54) is 23.6 Å². The molecule has 39 heavy (non-hydrogen) atoms.